The number of nitrogens with zero attached hydrogens (tertiary/aromatic N) is 5. The van der Waals surface area contributed by atoms with Gasteiger partial charge in [-0.3, -0.25) is 14.6 Å². The van der Waals surface area contributed by atoms with Gasteiger partial charge in [-0.1, -0.05) is 20.8 Å². The number of aliphatic imine (C=N–C) groups is 2. The average molecular weight is 807 g/mol. The standard InChI is InChI=1S/C40H48F6N6O5/c1-18(2)36(53)56-21(5)57-38(54)52-24-7-8-26(52)27-12-19(3)28-30-34(33(43)29(32(28)42)25-13-23(47)11-20(4)31(25)40(44,45)46)48-37(49-35(30)51(27)16-24)55-17-39-9-6-10-50(39)15-22(41)14-39/h11,13,18-19,21-22,24,26-27,30,34H,6-10,12,14-17,47H2,1-5H3/t19?,21?,22-,24-,26+,27-,30?,34?,39+/m1/s1. The third-order valence-corrected chi connectivity index (χ3v) is 13.0. The first kappa shape index (κ1) is 39.5. The lowest BCUT2D eigenvalue weighted by molar-refractivity contribution is -0.170. The predicted molar refractivity (Wildman–Crippen MR) is 198 cm³/mol. The highest BCUT2D eigenvalue weighted by atomic mass is 19.4. The molecule has 6 aliphatic heterocycles. The molecule has 5 saturated heterocycles. The number of esters is 1. The van der Waals surface area contributed by atoms with Crippen molar-refractivity contribution >= 4 is 35.2 Å². The summed E-state index contributed by atoms with van der Waals surface area (Å²) >= 11 is 0. The van der Waals surface area contributed by atoms with E-state index < -0.39 is 107 Å². The van der Waals surface area contributed by atoms with E-state index in [0.29, 0.717) is 25.8 Å². The van der Waals surface area contributed by atoms with Crippen molar-refractivity contribution in [3.8, 4) is 0 Å². The monoisotopic (exact) mass is 806 g/mol. The molecular weight excluding hydrogens is 758 g/mol. The van der Waals surface area contributed by atoms with Crippen LogP contribution < -0.4 is 5.73 Å². The van der Waals surface area contributed by atoms with E-state index in [0.717, 1.165) is 18.6 Å². The molecular formula is C40H48F6N6O5. The minimum absolute atomic E-state index is 0.00652. The zero-order chi connectivity index (χ0) is 40.9. The number of nitrogens with two attached hydrogens (primary N) is 1. The number of ether oxygens (including phenoxy) is 3. The first-order chi connectivity index (χ1) is 26.9. The third-order valence-electron chi connectivity index (χ3n) is 13.0. The predicted octanol–water partition coefficient (Wildman–Crippen LogP) is 7.10. The van der Waals surface area contributed by atoms with E-state index in [1.165, 1.54) is 13.8 Å². The molecule has 11 nitrogen and oxygen atoms in total. The fourth-order valence-electron chi connectivity index (χ4n) is 10.6. The molecule has 0 saturated carbocycles. The molecule has 2 bridgehead atoms. The number of carbonyl (C=O) groups excluding carboxylic acids is 2. The SMILES string of the molecule is Cc1cc(N)cc(C2=C(F)C3N=C(OC[C@@]45CCCN4C[C@H](F)C5)N=C4C3C(=C2F)C(C)C[C@@H]2[C@@H]3CC[C@H](CN42)N3C(=O)OC(C)OC(=O)C(C)C)c1C(F)(F)F. The van der Waals surface area contributed by atoms with Gasteiger partial charge >= 0.3 is 24.3 Å². The van der Waals surface area contributed by atoms with Crippen LogP contribution in [0.5, 0.6) is 0 Å². The lowest BCUT2D eigenvalue weighted by atomic mass is 9.74. The normalized spacial score (nSPS) is 32.7. The number of hydrogen-bond acceptors (Lipinski definition) is 10. The third kappa shape index (κ3) is 6.64. The maximum atomic E-state index is 17.4. The Kier molecular flexibility index (Phi) is 9.87. The summed E-state index contributed by atoms with van der Waals surface area (Å²) in [5.74, 6) is -4.87. The molecule has 310 valence electrons. The molecule has 6 heterocycles. The number of nitrogen functional groups attached to an aromatic ring is 1. The maximum absolute atomic E-state index is 17.4. The van der Waals surface area contributed by atoms with E-state index in [9.17, 15) is 27.2 Å². The first-order valence-electron chi connectivity index (χ1n) is 19.8. The second kappa shape index (κ2) is 14.2. The highest BCUT2D eigenvalue weighted by Crippen LogP contribution is 2.54. The van der Waals surface area contributed by atoms with Crippen molar-refractivity contribution < 1.29 is 50.1 Å². The number of allylic oxidation sites excluding steroid dienone is 2. The molecule has 7 aliphatic rings. The van der Waals surface area contributed by atoms with Crippen LogP contribution in [0.1, 0.15) is 82.9 Å². The molecule has 0 spiro atoms. The van der Waals surface area contributed by atoms with Crippen LogP contribution in [0.25, 0.3) is 5.57 Å². The molecule has 4 unspecified atom stereocenters. The van der Waals surface area contributed by atoms with Crippen molar-refractivity contribution in [3.05, 3.63) is 46.0 Å². The van der Waals surface area contributed by atoms with Crippen LogP contribution in [0, 0.1) is 24.7 Å². The Morgan fingerprint density at radius 3 is 2.56 bits per heavy atom. The summed E-state index contributed by atoms with van der Waals surface area (Å²) in [7, 11) is 0. The topological polar surface area (TPSA) is 122 Å². The average Bonchev–Trinajstić information content (AvgIpc) is 3.73. The van der Waals surface area contributed by atoms with Crippen molar-refractivity contribution in [2.24, 2.45) is 27.7 Å². The van der Waals surface area contributed by atoms with E-state index in [2.05, 4.69) is 4.99 Å². The van der Waals surface area contributed by atoms with Gasteiger partial charge in [-0.25, -0.2) is 23.0 Å². The number of piperazine rings is 1. The van der Waals surface area contributed by atoms with E-state index in [1.807, 2.05) is 9.80 Å². The number of hydrogen-bond donors (Lipinski definition) is 1. The fraction of sp³-hybridized carbons (Fsp3) is 0.650. The molecule has 57 heavy (non-hydrogen) atoms. The van der Waals surface area contributed by atoms with Gasteiger partial charge in [0.2, 0.25) is 6.29 Å². The molecule has 0 radical (unpaired) electrons. The Bertz CT molecular complexity index is 1980. The van der Waals surface area contributed by atoms with Crippen molar-refractivity contribution in [3.63, 3.8) is 0 Å². The van der Waals surface area contributed by atoms with Gasteiger partial charge in [0.15, 0.2) is 0 Å². The number of amides is 1. The molecule has 1 amide bonds. The van der Waals surface area contributed by atoms with Gasteiger partial charge in [-0.15, -0.1) is 0 Å². The lowest BCUT2D eigenvalue weighted by Crippen LogP contribution is -2.63. The van der Waals surface area contributed by atoms with Crippen LogP contribution in [-0.4, -0.2) is 107 Å². The van der Waals surface area contributed by atoms with E-state index in [1.54, 1.807) is 25.7 Å². The Labute approximate surface area is 326 Å². The molecule has 8 rings (SSSR count). The molecule has 1 aliphatic carbocycles. The lowest BCUT2D eigenvalue weighted by Gasteiger charge is -2.48. The number of benzene rings is 1. The van der Waals surface area contributed by atoms with Crippen molar-refractivity contribution in [1.82, 2.24) is 14.7 Å². The zero-order valence-electron chi connectivity index (χ0n) is 32.5. The Morgan fingerprint density at radius 2 is 1.84 bits per heavy atom. The highest BCUT2D eigenvalue weighted by Gasteiger charge is 2.58. The zero-order valence-corrected chi connectivity index (χ0v) is 32.5. The number of carbonyl (C=O) groups is 2. The van der Waals surface area contributed by atoms with Gasteiger partial charge in [0, 0.05) is 37.7 Å². The number of rotatable bonds is 6. The van der Waals surface area contributed by atoms with Gasteiger partial charge in [-0.05, 0) is 74.8 Å². The van der Waals surface area contributed by atoms with Crippen molar-refractivity contribution in [1.29, 1.82) is 0 Å². The molecule has 1 aromatic rings. The quantitative estimate of drug-likeness (QED) is 0.140. The largest absolute Gasteiger partial charge is 0.462 e. The van der Waals surface area contributed by atoms with Crippen LogP contribution in [0.4, 0.5) is 36.8 Å². The van der Waals surface area contributed by atoms with E-state index >= 15 is 8.78 Å². The molecule has 5 fully saturated rings. The number of fused-ring (bicyclic) bond motifs is 6. The van der Waals surface area contributed by atoms with Crippen LogP contribution in [0.3, 0.4) is 0 Å². The molecule has 0 aromatic heterocycles. The summed E-state index contributed by atoms with van der Waals surface area (Å²) in [6.45, 7) is 8.87. The summed E-state index contributed by atoms with van der Waals surface area (Å²) in [5.41, 5.74) is 2.28. The number of amidine groups is 2. The Hall–Kier alpha value is -4.28. The first-order valence-corrected chi connectivity index (χ1v) is 19.8. The highest BCUT2D eigenvalue weighted by molar-refractivity contribution is 6.02. The summed E-state index contributed by atoms with van der Waals surface area (Å²) in [5, 5.41) is 0. The van der Waals surface area contributed by atoms with Crippen LogP contribution in [-0.2, 0) is 25.2 Å². The van der Waals surface area contributed by atoms with Gasteiger partial charge in [0.05, 0.1) is 46.6 Å². The summed E-state index contributed by atoms with van der Waals surface area (Å²) in [6, 6.07) is -1.09. The van der Waals surface area contributed by atoms with Crippen molar-refractivity contribution in [2.45, 2.75) is 121 Å². The number of halogens is 6. The number of aryl methyl sites for hydroxylation is 1. The van der Waals surface area contributed by atoms with E-state index in [-0.39, 0.29) is 61.2 Å². The van der Waals surface area contributed by atoms with Gasteiger partial charge in [0.1, 0.15) is 36.3 Å². The molecule has 1 aromatic carbocycles. The minimum atomic E-state index is -4.97. The Balaban J connectivity index is 1.21. The summed E-state index contributed by atoms with van der Waals surface area (Å²) < 4.78 is 111. The fourth-order valence-corrected chi connectivity index (χ4v) is 10.6. The number of alkyl halides is 4. The minimum Gasteiger partial charge on any atom is -0.462 e. The maximum Gasteiger partial charge on any atom is 0.417 e. The summed E-state index contributed by atoms with van der Waals surface area (Å²) in [6.07, 6.45) is -4.75. The van der Waals surface area contributed by atoms with Crippen molar-refractivity contribution in [2.75, 3.05) is 32.0 Å². The second-order valence-corrected chi connectivity index (χ2v) is 17.0. The summed E-state index contributed by atoms with van der Waals surface area (Å²) in [4.78, 5) is 41.0. The van der Waals surface area contributed by atoms with Gasteiger partial charge < -0.3 is 24.8 Å². The number of anilines is 1. The van der Waals surface area contributed by atoms with Crippen LogP contribution in [0.2, 0.25) is 0 Å². The molecule has 9 atom stereocenters. The molecule has 2 N–H and O–H groups in total. The van der Waals surface area contributed by atoms with Crippen LogP contribution >= 0.6 is 0 Å². The molecule has 17 heteroatoms. The Morgan fingerprint density at radius 1 is 1.09 bits per heavy atom. The van der Waals surface area contributed by atoms with Gasteiger partial charge in [-0.2, -0.15) is 18.2 Å². The van der Waals surface area contributed by atoms with Gasteiger partial charge in [0.25, 0.3) is 0 Å². The van der Waals surface area contributed by atoms with E-state index in [4.69, 9.17) is 24.9 Å². The smallest absolute Gasteiger partial charge is 0.417 e. The second-order valence-electron chi connectivity index (χ2n) is 17.0. The van der Waals surface area contributed by atoms with Crippen LogP contribution in [0.15, 0.2) is 39.3 Å².